The maximum Gasteiger partial charge on any atom is 0.268 e. The van der Waals surface area contributed by atoms with Gasteiger partial charge in [0.05, 0.1) is 33.5 Å². The summed E-state index contributed by atoms with van der Waals surface area (Å²) in [6.07, 6.45) is 0. The number of anilines is 1. The van der Waals surface area contributed by atoms with E-state index in [0.29, 0.717) is 40.0 Å². The van der Waals surface area contributed by atoms with Crippen LogP contribution in [0.4, 0.5) is 5.69 Å². The average molecular weight is 620 g/mol. The molecule has 0 unspecified atom stereocenters. The standard InChI is InChI=1S/C41H25N5O2/c47-40-31-22-13-25-34(36(31)41(48)45(40)28-18-8-3-9-19-28)46-32-23-11-10-20-29(32)35-30(21-12-24-33(35)46)39-43-37(26-14-4-1-5-15-26)42-38(44-39)27-16-6-2-7-17-27/h1-25H. The van der Waals surface area contributed by atoms with Crippen molar-refractivity contribution in [1.82, 2.24) is 19.5 Å². The number of carbonyl (C=O) groups excluding carboxylic acids is 2. The van der Waals surface area contributed by atoms with E-state index in [1.165, 1.54) is 4.90 Å². The number of imide groups is 1. The van der Waals surface area contributed by atoms with Gasteiger partial charge >= 0.3 is 0 Å². The summed E-state index contributed by atoms with van der Waals surface area (Å²) in [5.74, 6) is 1.00. The monoisotopic (exact) mass is 619 g/mol. The smallest absolute Gasteiger partial charge is 0.268 e. The first kappa shape index (κ1) is 27.6. The van der Waals surface area contributed by atoms with E-state index in [-0.39, 0.29) is 11.8 Å². The SMILES string of the molecule is O=C1c2cccc(-n3c4ccccc4c4c(-c5nc(-c6ccccc6)nc(-c6ccccc6)n5)cccc43)c2C(=O)N1c1ccccc1. The highest BCUT2D eigenvalue weighted by Crippen LogP contribution is 2.41. The van der Waals surface area contributed by atoms with E-state index >= 15 is 0 Å². The van der Waals surface area contributed by atoms with Crippen LogP contribution >= 0.6 is 0 Å². The number of aromatic nitrogens is 4. The van der Waals surface area contributed by atoms with Gasteiger partial charge in [-0.25, -0.2) is 19.9 Å². The minimum absolute atomic E-state index is 0.337. The van der Waals surface area contributed by atoms with Crippen LogP contribution in [0.1, 0.15) is 20.7 Å². The molecule has 0 saturated carbocycles. The summed E-state index contributed by atoms with van der Waals surface area (Å²) in [4.78, 5) is 43.9. The number of hydrogen-bond donors (Lipinski definition) is 0. The van der Waals surface area contributed by atoms with Gasteiger partial charge in [-0.15, -0.1) is 0 Å². The Bertz CT molecular complexity index is 2490. The summed E-state index contributed by atoms with van der Waals surface area (Å²) in [5.41, 5.74) is 6.29. The molecule has 8 aromatic rings. The van der Waals surface area contributed by atoms with Gasteiger partial charge in [-0.2, -0.15) is 0 Å². The van der Waals surface area contributed by atoms with E-state index < -0.39 is 0 Å². The second-order valence-corrected chi connectivity index (χ2v) is 11.6. The van der Waals surface area contributed by atoms with Crippen molar-refractivity contribution in [1.29, 1.82) is 0 Å². The van der Waals surface area contributed by atoms with Crippen molar-refractivity contribution in [3.63, 3.8) is 0 Å². The van der Waals surface area contributed by atoms with Gasteiger partial charge < -0.3 is 4.57 Å². The van der Waals surface area contributed by atoms with Crippen molar-refractivity contribution in [2.24, 2.45) is 0 Å². The summed E-state index contributed by atoms with van der Waals surface area (Å²) >= 11 is 0. The molecule has 0 atom stereocenters. The molecule has 0 fully saturated rings. The van der Waals surface area contributed by atoms with Crippen molar-refractivity contribution < 1.29 is 9.59 Å². The molecule has 0 spiro atoms. The van der Waals surface area contributed by atoms with Crippen LogP contribution in [0.3, 0.4) is 0 Å². The zero-order valence-corrected chi connectivity index (χ0v) is 25.5. The topological polar surface area (TPSA) is 81.0 Å². The lowest BCUT2D eigenvalue weighted by molar-refractivity contribution is 0.0926. The van der Waals surface area contributed by atoms with E-state index in [4.69, 9.17) is 15.0 Å². The van der Waals surface area contributed by atoms with Gasteiger partial charge in [0.2, 0.25) is 0 Å². The number of nitrogens with zero attached hydrogens (tertiary/aromatic N) is 5. The first-order valence-electron chi connectivity index (χ1n) is 15.6. The third kappa shape index (κ3) is 4.25. The van der Waals surface area contributed by atoms with Crippen molar-refractivity contribution in [2.75, 3.05) is 4.90 Å². The summed E-state index contributed by atoms with van der Waals surface area (Å²) < 4.78 is 2.07. The lowest BCUT2D eigenvalue weighted by atomic mass is 10.1. The van der Waals surface area contributed by atoms with Crippen LogP contribution in [0, 0.1) is 0 Å². The zero-order chi connectivity index (χ0) is 32.2. The summed E-state index contributed by atoms with van der Waals surface area (Å²) in [5, 5.41) is 1.91. The number of amides is 2. The number of benzene rings is 6. The third-order valence-corrected chi connectivity index (χ3v) is 8.79. The molecule has 226 valence electrons. The van der Waals surface area contributed by atoms with Crippen LogP contribution in [0.15, 0.2) is 152 Å². The van der Waals surface area contributed by atoms with Crippen LogP contribution in [0.25, 0.3) is 61.7 Å². The molecule has 7 heteroatoms. The Morgan fingerprint density at radius 2 is 0.979 bits per heavy atom. The average Bonchev–Trinajstić information content (AvgIpc) is 3.63. The predicted octanol–water partition coefficient (Wildman–Crippen LogP) is 8.77. The predicted molar refractivity (Wildman–Crippen MR) is 188 cm³/mol. The van der Waals surface area contributed by atoms with Gasteiger partial charge in [0, 0.05) is 27.5 Å². The molecule has 2 amide bonds. The normalized spacial score (nSPS) is 12.6. The fourth-order valence-corrected chi connectivity index (χ4v) is 6.66. The molecule has 1 aliphatic rings. The molecule has 0 N–H and O–H groups in total. The first-order chi connectivity index (χ1) is 23.7. The van der Waals surface area contributed by atoms with E-state index in [9.17, 15) is 9.59 Å². The summed E-state index contributed by atoms with van der Waals surface area (Å²) in [6, 6.07) is 48.4. The Labute approximate surface area is 275 Å². The number of hydrogen-bond acceptors (Lipinski definition) is 5. The maximum atomic E-state index is 14.1. The molecule has 1 aliphatic heterocycles. The molecule has 0 aliphatic carbocycles. The molecule has 9 rings (SSSR count). The molecule has 0 radical (unpaired) electrons. The van der Waals surface area contributed by atoms with Crippen molar-refractivity contribution in [3.8, 4) is 39.9 Å². The largest absolute Gasteiger partial charge is 0.308 e. The number of rotatable bonds is 5. The van der Waals surface area contributed by atoms with Gasteiger partial charge in [-0.1, -0.05) is 115 Å². The highest BCUT2D eigenvalue weighted by molar-refractivity contribution is 6.35. The molecule has 7 nitrogen and oxygen atoms in total. The summed E-state index contributed by atoms with van der Waals surface area (Å²) in [6.45, 7) is 0. The van der Waals surface area contributed by atoms with Crippen LogP contribution in [-0.2, 0) is 0 Å². The number of fused-ring (bicyclic) bond motifs is 4. The van der Waals surface area contributed by atoms with Crippen molar-refractivity contribution in [3.05, 3.63) is 163 Å². The minimum Gasteiger partial charge on any atom is -0.308 e. The Hall–Kier alpha value is -6.73. The first-order valence-corrected chi connectivity index (χ1v) is 15.6. The zero-order valence-electron chi connectivity index (χ0n) is 25.5. The summed E-state index contributed by atoms with van der Waals surface area (Å²) in [7, 11) is 0. The van der Waals surface area contributed by atoms with Gasteiger partial charge in [-0.05, 0) is 36.4 Å². The van der Waals surface area contributed by atoms with E-state index in [2.05, 4.69) is 10.6 Å². The van der Waals surface area contributed by atoms with Crippen molar-refractivity contribution >= 4 is 39.3 Å². The molecular formula is C41H25N5O2. The molecule has 0 saturated heterocycles. The second kappa shape index (κ2) is 11.0. The van der Waals surface area contributed by atoms with E-state index in [1.807, 2.05) is 127 Å². The van der Waals surface area contributed by atoms with Crippen LogP contribution in [0.2, 0.25) is 0 Å². The van der Waals surface area contributed by atoms with Gasteiger partial charge in [0.15, 0.2) is 17.5 Å². The van der Waals surface area contributed by atoms with Gasteiger partial charge in [0.1, 0.15) is 0 Å². The van der Waals surface area contributed by atoms with Gasteiger partial charge in [0.25, 0.3) is 11.8 Å². The Balaban J connectivity index is 1.30. The third-order valence-electron chi connectivity index (χ3n) is 8.79. The van der Waals surface area contributed by atoms with Crippen LogP contribution in [-0.4, -0.2) is 31.3 Å². The minimum atomic E-state index is -0.351. The quantitative estimate of drug-likeness (QED) is 0.180. The molecule has 6 aromatic carbocycles. The fourth-order valence-electron chi connectivity index (χ4n) is 6.66. The van der Waals surface area contributed by atoms with Crippen LogP contribution < -0.4 is 4.90 Å². The Morgan fingerprint density at radius 1 is 0.438 bits per heavy atom. The lowest BCUT2D eigenvalue weighted by Gasteiger charge is -2.14. The maximum absolute atomic E-state index is 14.1. The van der Waals surface area contributed by atoms with Crippen LogP contribution in [0.5, 0.6) is 0 Å². The molecule has 0 bridgehead atoms. The Kier molecular flexibility index (Phi) is 6.30. The molecule has 3 heterocycles. The van der Waals surface area contributed by atoms with Gasteiger partial charge in [-0.3, -0.25) is 9.59 Å². The lowest BCUT2D eigenvalue weighted by Crippen LogP contribution is -2.29. The van der Waals surface area contributed by atoms with Crippen molar-refractivity contribution in [2.45, 2.75) is 0 Å². The number of carbonyl (C=O) groups is 2. The fraction of sp³-hybridized carbons (Fsp3) is 0. The number of para-hydroxylation sites is 2. The second-order valence-electron chi connectivity index (χ2n) is 11.6. The molecular weight excluding hydrogens is 594 g/mol. The highest BCUT2D eigenvalue weighted by atomic mass is 16.2. The highest BCUT2D eigenvalue weighted by Gasteiger charge is 2.39. The Morgan fingerprint density at radius 3 is 1.67 bits per heavy atom. The molecule has 48 heavy (non-hydrogen) atoms. The van der Waals surface area contributed by atoms with E-state index in [1.54, 1.807) is 18.2 Å². The van der Waals surface area contributed by atoms with E-state index in [0.717, 1.165) is 38.5 Å². The molecule has 2 aromatic heterocycles.